The van der Waals surface area contributed by atoms with Crippen molar-refractivity contribution in [1.82, 2.24) is 4.57 Å². The Labute approximate surface area is 138 Å². The number of nitrogens with two attached hydrogens (primary N) is 1. The number of nitrogens with one attached hydrogen (secondary N) is 1. The third-order valence-electron chi connectivity index (χ3n) is 3.85. The van der Waals surface area contributed by atoms with Gasteiger partial charge in [0.1, 0.15) is 11.3 Å². The SMILES string of the molecule is COc1ccccc1NC(=O)c1cn(C)c2cccc(N)c2c1=O. The lowest BCUT2D eigenvalue weighted by atomic mass is 10.1. The van der Waals surface area contributed by atoms with Crippen LogP contribution in [0.3, 0.4) is 0 Å². The van der Waals surface area contributed by atoms with Gasteiger partial charge in [-0.15, -0.1) is 0 Å². The van der Waals surface area contributed by atoms with Crippen LogP contribution in [0.1, 0.15) is 10.4 Å². The summed E-state index contributed by atoms with van der Waals surface area (Å²) in [7, 11) is 3.28. The van der Waals surface area contributed by atoms with Gasteiger partial charge in [-0.2, -0.15) is 0 Å². The van der Waals surface area contributed by atoms with E-state index in [1.807, 2.05) is 0 Å². The number of aryl methyl sites for hydroxylation is 1. The van der Waals surface area contributed by atoms with Gasteiger partial charge >= 0.3 is 0 Å². The van der Waals surface area contributed by atoms with Crippen LogP contribution in [-0.4, -0.2) is 17.6 Å². The van der Waals surface area contributed by atoms with E-state index in [1.165, 1.54) is 13.3 Å². The zero-order valence-electron chi connectivity index (χ0n) is 13.4. The van der Waals surface area contributed by atoms with Crippen LogP contribution in [-0.2, 0) is 7.05 Å². The summed E-state index contributed by atoms with van der Waals surface area (Å²) >= 11 is 0. The van der Waals surface area contributed by atoms with E-state index in [9.17, 15) is 9.59 Å². The van der Waals surface area contributed by atoms with E-state index in [4.69, 9.17) is 10.5 Å². The van der Waals surface area contributed by atoms with Crippen LogP contribution in [0.4, 0.5) is 11.4 Å². The molecule has 0 saturated carbocycles. The van der Waals surface area contributed by atoms with Gasteiger partial charge < -0.3 is 20.4 Å². The third kappa shape index (κ3) is 2.58. The maximum absolute atomic E-state index is 12.7. The summed E-state index contributed by atoms with van der Waals surface area (Å²) in [5.74, 6) is 0.00762. The quantitative estimate of drug-likeness (QED) is 0.725. The molecular formula is C18H17N3O3. The molecular weight excluding hydrogens is 306 g/mol. The largest absolute Gasteiger partial charge is 0.495 e. The average molecular weight is 323 g/mol. The van der Waals surface area contributed by atoms with E-state index in [-0.39, 0.29) is 5.56 Å². The normalized spacial score (nSPS) is 10.6. The van der Waals surface area contributed by atoms with Crippen LogP contribution in [0, 0.1) is 0 Å². The Balaban J connectivity index is 2.10. The number of anilines is 2. The number of benzene rings is 2. The number of rotatable bonds is 3. The fraction of sp³-hybridized carbons (Fsp3) is 0.111. The van der Waals surface area contributed by atoms with Gasteiger partial charge in [0.15, 0.2) is 0 Å². The standard InChI is InChI=1S/C18H17N3O3/c1-21-10-11(17(22)16-12(19)6-5-8-14(16)21)18(23)20-13-7-3-4-9-15(13)24-2/h3-10H,19H2,1-2H3,(H,20,23). The van der Waals surface area contributed by atoms with Crippen LogP contribution < -0.4 is 21.2 Å². The molecule has 0 fully saturated rings. The van der Waals surface area contributed by atoms with Crippen LogP contribution in [0.2, 0.25) is 0 Å². The number of carbonyl (C=O) groups excluding carboxylic acids is 1. The highest BCUT2D eigenvalue weighted by atomic mass is 16.5. The number of nitrogens with zero attached hydrogens (tertiary/aromatic N) is 1. The van der Waals surface area contributed by atoms with Gasteiger partial charge in [0, 0.05) is 18.9 Å². The number of amides is 1. The van der Waals surface area contributed by atoms with Crippen LogP contribution in [0.5, 0.6) is 5.75 Å². The van der Waals surface area contributed by atoms with Gasteiger partial charge in [-0.1, -0.05) is 18.2 Å². The Bertz CT molecular complexity index is 992. The van der Waals surface area contributed by atoms with E-state index in [0.29, 0.717) is 28.0 Å². The summed E-state index contributed by atoms with van der Waals surface area (Å²) in [4.78, 5) is 25.3. The van der Waals surface area contributed by atoms with E-state index in [2.05, 4.69) is 5.32 Å². The van der Waals surface area contributed by atoms with Crippen molar-refractivity contribution in [2.75, 3.05) is 18.2 Å². The molecule has 0 aliphatic carbocycles. The first-order valence-corrected chi connectivity index (χ1v) is 7.35. The lowest BCUT2D eigenvalue weighted by Gasteiger charge is -2.12. The number of hydrogen-bond acceptors (Lipinski definition) is 4. The molecule has 24 heavy (non-hydrogen) atoms. The summed E-state index contributed by atoms with van der Waals surface area (Å²) in [5.41, 5.74) is 7.07. The number of hydrogen-bond donors (Lipinski definition) is 2. The number of methoxy groups -OCH3 is 1. The number of ether oxygens (including phenoxy) is 1. The summed E-state index contributed by atoms with van der Waals surface area (Å²) in [6, 6.07) is 12.2. The van der Waals surface area contributed by atoms with Crippen LogP contribution in [0.25, 0.3) is 10.9 Å². The number of fused-ring (bicyclic) bond motifs is 1. The first kappa shape index (κ1) is 15.6. The van der Waals surface area contributed by atoms with Crippen molar-refractivity contribution < 1.29 is 9.53 Å². The number of carbonyl (C=O) groups is 1. The van der Waals surface area contributed by atoms with Crippen molar-refractivity contribution in [2.45, 2.75) is 0 Å². The maximum Gasteiger partial charge on any atom is 0.261 e. The molecule has 1 amide bonds. The highest BCUT2D eigenvalue weighted by Crippen LogP contribution is 2.24. The predicted octanol–water partition coefficient (Wildman–Crippen LogP) is 2.38. The van der Waals surface area contributed by atoms with E-state index < -0.39 is 11.3 Å². The summed E-state index contributed by atoms with van der Waals surface area (Å²) in [6.45, 7) is 0. The second-order valence-corrected chi connectivity index (χ2v) is 5.38. The average Bonchev–Trinajstić information content (AvgIpc) is 2.58. The Morgan fingerprint density at radius 1 is 1.17 bits per heavy atom. The summed E-state index contributed by atoms with van der Waals surface area (Å²) < 4.78 is 6.92. The molecule has 2 aromatic carbocycles. The van der Waals surface area contributed by atoms with Crippen molar-refractivity contribution in [1.29, 1.82) is 0 Å². The van der Waals surface area contributed by atoms with Gasteiger partial charge in [0.05, 0.1) is 23.7 Å². The van der Waals surface area contributed by atoms with E-state index in [1.54, 1.807) is 54.1 Å². The van der Waals surface area contributed by atoms with Crippen molar-refractivity contribution in [2.24, 2.45) is 7.05 Å². The molecule has 0 bridgehead atoms. The second-order valence-electron chi connectivity index (χ2n) is 5.38. The molecule has 0 radical (unpaired) electrons. The van der Waals surface area contributed by atoms with Crippen LogP contribution >= 0.6 is 0 Å². The molecule has 6 heteroatoms. The topological polar surface area (TPSA) is 86.3 Å². The summed E-state index contributed by atoms with van der Waals surface area (Å²) in [6.07, 6.45) is 1.51. The first-order valence-electron chi connectivity index (χ1n) is 7.35. The predicted molar refractivity (Wildman–Crippen MR) is 94.5 cm³/mol. The van der Waals surface area contributed by atoms with E-state index >= 15 is 0 Å². The minimum Gasteiger partial charge on any atom is -0.495 e. The van der Waals surface area contributed by atoms with Crippen molar-refractivity contribution >= 4 is 28.2 Å². The Kier molecular flexibility index (Phi) is 3.95. The van der Waals surface area contributed by atoms with Gasteiger partial charge in [0.2, 0.25) is 5.43 Å². The monoisotopic (exact) mass is 323 g/mol. The fourth-order valence-electron chi connectivity index (χ4n) is 2.65. The molecule has 1 aromatic heterocycles. The Morgan fingerprint density at radius 2 is 1.92 bits per heavy atom. The van der Waals surface area contributed by atoms with Crippen LogP contribution in [0.15, 0.2) is 53.5 Å². The Hall–Kier alpha value is -3.28. The van der Waals surface area contributed by atoms with Gasteiger partial charge in [-0.05, 0) is 24.3 Å². The molecule has 0 atom stereocenters. The van der Waals surface area contributed by atoms with Crippen molar-refractivity contribution in [3.05, 3.63) is 64.4 Å². The zero-order chi connectivity index (χ0) is 17.3. The zero-order valence-corrected chi connectivity index (χ0v) is 13.4. The lowest BCUT2D eigenvalue weighted by molar-refractivity contribution is 0.102. The maximum atomic E-state index is 12.7. The lowest BCUT2D eigenvalue weighted by Crippen LogP contribution is -2.24. The minimum absolute atomic E-state index is 0.0220. The Morgan fingerprint density at radius 3 is 2.67 bits per heavy atom. The highest BCUT2D eigenvalue weighted by molar-refractivity contribution is 6.07. The molecule has 3 N–H and O–H groups in total. The smallest absolute Gasteiger partial charge is 0.261 e. The van der Waals surface area contributed by atoms with Gasteiger partial charge in [-0.3, -0.25) is 9.59 Å². The third-order valence-corrected chi connectivity index (χ3v) is 3.85. The molecule has 0 aliphatic heterocycles. The molecule has 0 aliphatic rings. The fourth-order valence-corrected chi connectivity index (χ4v) is 2.65. The summed E-state index contributed by atoms with van der Waals surface area (Å²) in [5, 5.41) is 3.05. The molecule has 0 saturated heterocycles. The molecule has 0 spiro atoms. The highest BCUT2D eigenvalue weighted by Gasteiger charge is 2.17. The van der Waals surface area contributed by atoms with Crippen molar-refractivity contribution in [3.63, 3.8) is 0 Å². The number of nitrogen functional groups attached to an aromatic ring is 1. The van der Waals surface area contributed by atoms with Crippen molar-refractivity contribution in [3.8, 4) is 5.75 Å². The number of para-hydroxylation sites is 2. The van der Waals surface area contributed by atoms with Gasteiger partial charge in [0.25, 0.3) is 5.91 Å². The molecule has 6 nitrogen and oxygen atoms in total. The second kappa shape index (κ2) is 6.08. The molecule has 3 aromatic rings. The number of aromatic nitrogens is 1. The first-order chi connectivity index (χ1) is 11.5. The molecule has 1 heterocycles. The van der Waals surface area contributed by atoms with E-state index in [0.717, 1.165) is 0 Å². The molecule has 0 unspecified atom stereocenters. The minimum atomic E-state index is -0.509. The molecule has 3 rings (SSSR count). The number of pyridine rings is 1. The van der Waals surface area contributed by atoms with Gasteiger partial charge in [-0.25, -0.2) is 0 Å². The molecule has 122 valence electrons.